The van der Waals surface area contributed by atoms with Crippen LogP contribution in [0, 0.1) is 5.92 Å². The van der Waals surface area contributed by atoms with E-state index in [4.69, 9.17) is 5.73 Å². The highest BCUT2D eigenvalue weighted by Crippen LogP contribution is 2.14. The van der Waals surface area contributed by atoms with Gasteiger partial charge in [0.05, 0.1) is 6.04 Å². The molecule has 0 saturated carbocycles. The first-order valence-electron chi connectivity index (χ1n) is 7.14. The smallest absolute Gasteiger partial charge is 0.222 e. The van der Waals surface area contributed by atoms with E-state index in [1.807, 2.05) is 58.3 Å². The maximum atomic E-state index is 12.1. The van der Waals surface area contributed by atoms with Crippen LogP contribution in [0.15, 0.2) is 30.3 Å². The van der Waals surface area contributed by atoms with Gasteiger partial charge in [-0.3, -0.25) is 4.79 Å². The maximum Gasteiger partial charge on any atom is 0.222 e. The molecule has 0 radical (unpaired) electrons. The van der Waals surface area contributed by atoms with Gasteiger partial charge in [-0.05, 0) is 25.6 Å². The second-order valence-corrected chi connectivity index (χ2v) is 5.91. The molecule has 0 spiro atoms. The number of nitrogens with zero attached hydrogens (tertiary/aromatic N) is 1. The fourth-order valence-corrected chi connectivity index (χ4v) is 1.99. The normalized spacial score (nSPS) is 14.3. The van der Waals surface area contributed by atoms with Crippen molar-refractivity contribution in [2.45, 2.75) is 32.4 Å². The monoisotopic (exact) mass is 277 g/mol. The lowest BCUT2D eigenvalue weighted by Crippen LogP contribution is -2.39. The van der Waals surface area contributed by atoms with Crippen LogP contribution in [0.3, 0.4) is 0 Å². The average Bonchev–Trinajstić information content (AvgIpc) is 2.38. The van der Waals surface area contributed by atoms with Crippen molar-refractivity contribution >= 4 is 5.91 Å². The lowest BCUT2D eigenvalue weighted by atomic mass is 10.0. The Morgan fingerprint density at radius 1 is 1.25 bits per heavy atom. The Balaban J connectivity index is 2.68. The number of amides is 1. The molecule has 0 heterocycles. The number of carbonyl (C=O) groups excluding carboxylic acids is 1. The van der Waals surface area contributed by atoms with Gasteiger partial charge in [0, 0.05) is 19.0 Å². The molecule has 0 aliphatic heterocycles. The summed E-state index contributed by atoms with van der Waals surface area (Å²) in [4.78, 5) is 14.2. The molecule has 112 valence electrons. The zero-order valence-electron chi connectivity index (χ0n) is 13.0. The van der Waals surface area contributed by atoms with Gasteiger partial charge in [0.2, 0.25) is 5.91 Å². The number of benzene rings is 1. The van der Waals surface area contributed by atoms with Gasteiger partial charge in [-0.2, -0.15) is 0 Å². The van der Waals surface area contributed by atoms with Gasteiger partial charge >= 0.3 is 0 Å². The van der Waals surface area contributed by atoms with Crippen LogP contribution in [0.25, 0.3) is 0 Å². The zero-order chi connectivity index (χ0) is 15.1. The number of nitrogens with two attached hydrogens (primary N) is 1. The predicted molar refractivity (Wildman–Crippen MR) is 83.3 cm³/mol. The van der Waals surface area contributed by atoms with Crippen molar-refractivity contribution in [2.75, 3.05) is 20.6 Å². The number of nitrogens with one attached hydrogen (secondary N) is 1. The van der Waals surface area contributed by atoms with E-state index in [2.05, 4.69) is 10.2 Å². The van der Waals surface area contributed by atoms with Crippen LogP contribution in [0.4, 0.5) is 0 Å². The predicted octanol–water partition coefficient (Wildman–Crippen LogP) is 1.78. The fourth-order valence-electron chi connectivity index (χ4n) is 1.99. The Morgan fingerprint density at radius 2 is 1.85 bits per heavy atom. The van der Waals surface area contributed by atoms with E-state index >= 15 is 0 Å². The Hall–Kier alpha value is -1.39. The number of likely N-dealkylation sites (N-methyl/N-ethyl adjacent to an activating group) is 1. The largest absolute Gasteiger partial charge is 0.348 e. The Morgan fingerprint density at radius 3 is 2.35 bits per heavy atom. The van der Waals surface area contributed by atoms with Crippen LogP contribution in [-0.2, 0) is 4.79 Å². The molecular weight excluding hydrogens is 250 g/mol. The molecule has 1 rings (SSSR count). The highest BCUT2D eigenvalue weighted by atomic mass is 16.1. The van der Waals surface area contributed by atoms with Crippen LogP contribution in [0.5, 0.6) is 0 Å². The van der Waals surface area contributed by atoms with Crippen molar-refractivity contribution in [1.29, 1.82) is 0 Å². The number of carbonyl (C=O) groups is 1. The van der Waals surface area contributed by atoms with Gasteiger partial charge in [0.25, 0.3) is 0 Å². The highest BCUT2D eigenvalue weighted by Gasteiger charge is 2.18. The SMILES string of the molecule is CC(C)C(N)CC(=O)NC(CN(C)C)c1ccccc1. The van der Waals surface area contributed by atoms with Crippen LogP contribution in [0.1, 0.15) is 31.9 Å². The minimum atomic E-state index is -0.0919. The third kappa shape index (κ3) is 5.72. The van der Waals surface area contributed by atoms with Crippen molar-refractivity contribution < 1.29 is 4.79 Å². The average molecular weight is 277 g/mol. The number of rotatable bonds is 7. The summed E-state index contributed by atoms with van der Waals surface area (Å²) in [5.41, 5.74) is 7.08. The van der Waals surface area contributed by atoms with E-state index in [9.17, 15) is 4.79 Å². The molecule has 0 aliphatic carbocycles. The molecule has 2 atom stereocenters. The van der Waals surface area contributed by atoms with Crippen molar-refractivity contribution in [3.8, 4) is 0 Å². The highest BCUT2D eigenvalue weighted by molar-refractivity contribution is 5.77. The van der Waals surface area contributed by atoms with Crippen molar-refractivity contribution in [2.24, 2.45) is 11.7 Å². The molecule has 2 unspecified atom stereocenters. The number of hydrogen-bond donors (Lipinski definition) is 2. The summed E-state index contributed by atoms with van der Waals surface area (Å²) in [7, 11) is 4.00. The van der Waals surface area contributed by atoms with Crippen LogP contribution < -0.4 is 11.1 Å². The first-order chi connectivity index (χ1) is 9.40. The van der Waals surface area contributed by atoms with Gasteiger partial charge < -0.3 is 16.0 Å². The molecule has 4 heteroatoms. The van der Waals surface area contributed by atoms with Gasteiger partial charge in [0.1, 0.15) is 0 Å². The Bertz CT molecular complexity index is 403. The Kier molecular flexibility index (Phi) is 6.68. The molecule has 0 fully saturated rings. The van der Waals surface area contributed by atoms with Crippen molar-refractivity contribution in [1.82, 2.24) is 10.2 Å². The van der Waals surface area contributed by atoms with Gasteiger partial charge in [-0.25, -0.2) is 0 Å². The van der Waals surface area contributed by atoms with Crippen molar-refractivity contribution in [3.63, 3.8) is 0 Å². The molecule has 1 amide bonds. The molecule has 3 N–H and O–H groups in total. The molecular formula is C16H27N3O. The Labute approximate surface area is 122 Å². The topological polar surface area (TPSA) is 58.4 Å². The first kappa shape index (κ1) is 16.7. The summed E-state index contributed by atoms with van der Waals surface area (Å²) in [6.45, 7) is 4.84. The minimum Gasteiger partial charge on any atom is -0.348 e. The van der Waals surface area contributed by atoms with Crippen LogP contribution in [-0.4, -0.2) is 37.5 Å². The van der Waals surface area contributed by atoms with Gasteiger partial charge in [-0.15, -0.1) is 0 Å². The minimum absolute atomic E-state index is 0.00179. The molecule has 20 heavy (non-hydrogen) atoms. The second kappa shape index (κ2) is 8.02. The van der Waals surface area contributed by atoms with E-state index < -0.39 is 0 Å². The first-order valence-corrected chi connectivity index (χ1v) is 7.14. The summed E-state index contributed by atoms with van der Waals surface area (Å²) in [5, 5.41) is 3.09. The van der Waals surface area contributed by atoms with E-state index in [1.54, 1.807) is 0 Å². The molecule has 4 nitrogen and oxygen atoms in total. The van der Waals surface area contributed by atoms with Crippen molar-refractivity contribution in [3.05, 3.63) is 35.9 Å². The molecule has 0 bridgehead atoms. The summed E-state index contributed by atoms with van der Waals surface area (Å²) >= 11 is 0. The third-order valence-corrected chi connectivity index (χ3v) is 3.36. The second-order valence-electron chi connectivity index (χ2n) is 5.91. The standard InChI is InChI=1S/C16H27N3O/c1-12(2)14(17)10-16(20)18-15(11-19(3)4)13-8-6-5-7-9-13/h5-9,12,14-15H,10-11,17H2,1-4H3,(H,18,20). The molecule has 0 aliphatic rings. The molecule has 0 saturated heterocycles. The molecule has 0 aromatic heterocycles. The van der Waals surface area contributed by atoms with E-state index in [0.717, 1.165) is 12.1 Å². The van der Waals surface area contributed by atoms with Gasteiger partial charge in [-0.1, -0.05) is 44.2 Å². The maximum absolute atomic E-state index is 12.1. The fraction of sp³-hybridized carbons (Fsp3) is 0.562. The van der Waals surface area contributed by atoms with E-state index in [0.29, 0.717) is 12.3 Å². The molecule has 1 aromatic carbocycles. The third-order valence-electron chi connectivity index (χ3n) is 3.36. The quantitative estimate of drug-likeness (QED) is 0.798. The summed E-state index contributed by atoms with van der Waals surface area (Å²) < 4.78 is 0. The molecule has 1 aromatic rings. The van der Waals surface area contributed by atoms with E-state index in [-0.39, 0.29) is 18.0 Å². The van der Waals surface area contributed by atoms with Crippen LogP contribution in [0.2, 0.25) is 0 Å². The summed E-state index contributed by atoms with van der Waals surface area (Å²) in [5.74, 6) is 0.326. The summed E-state index contributed by atoms with van der Waals surface area (Å²) in [6.07, 6.45) is 0.369. The summed E-state index contributed by atoms with van der Waals surface area (Å²) in [6, 6.07) is 9.94. The lowest BCUT2D eigenvalue weighted by Gasteiger charge is -2.24. The van der Waals surface area contributed by atoms with Gasteiger partial charge in [0.15, 0.2) is 0 Å². The zero-order valence-corrected chi connectivity index (χ0v) is 13.0. The lowest BCUT2D eigenvalue weighted by molar-refractivity contribution is -0.122. The van der Waals surface area contributed by atoms with Crippen LogP contribution >= 0.6 is 0 Å². The number of hydrogen-bond acceptors (Lipinski definition) is 3. The van der Waals surface area contributed by atoms with E-state index in [1.165, 1.54) is 0 Å².